The van der Waals surface area contributed by atoms with Crippen molar-refractivity contribution in [2.75, 3.05) is 11.9 Å². The van der Waals surface area contributed by atoms with Crippen LogP contribution in [0.25, 0.3) is 0 Å². The Morgan fingerprint density at radius 1 is 1.42 bits per heavy atom. The van der Waals surface area contributed by atoms with Crippen molar-refractivity contribution in [2.45, 2.75) is 64.5 Å². The van der Waals surface area contributed by atoms with Crippen molar-refractivity contribution < 1.29 is 23.4 Å². The molecule has 0 radical (unpaired) electrons. The van der Waals surface area contributed by atoms with Crippen LogP contribution in [0.5, 0.6) is 0 Å². The lowest BCUT2D eigenvalue weighted by Gasteiger charge is -2.27. The molecule has 136 valence electrons. The molecule has 2 rings (SSSR count). The van der Waals surface area contributed by atoms with Crippen LogP contribution in [0.2, 0.25) is 0 Å². The smallest absolute Gasteiger partial charge is 0.412 e. The van der Waals surface area contributed by atoms with Gasteiger partial charge in [-0.15, -0.1) is 0 Å². The minimum absolute atomic E-state index is 0.000475. The van der Waals surface area contributed by atoms with Gasteiger partial charge in [-0.3, -0.25) is 10.00 Å². The molecule has 6 nitrogen and oxygen atoms in total. The SMILES string of the molecule is CC(C)(C)OC(=O)Nc1cn([C@H]2CC[C@H](CO)CC2)nc1C(F)F. The van der Waals surface area contributed by atoms with Gasteiger partial charge in [0, 0.05) is 12.8 Å². The quantitative estimate of drug-likeness (QED) is 0.868. The average Bonchev–Trinajstić information content (AvgIpc) is 2.89. The first-order chi connectivity index (χ1) is 11.2. The topological polar surface area (TPSA) is 76.4 Å². The van der Waals surface area contributed by atoms with Crippen molar-refractivity contribution in [3.8, 4) is 0 Å². The maximum absolute atomic E-state index is 13.2. The summed E-state index contributed by atoms with van der Waals surface area (Å²) >= 11 is 0. The summed E-state index contributed by atoms with van der Waals surface area (Å²) in [6.07, 6.45) is 1.07. The van der Waals surface area contributed by atoms with E-state index in [1.807, 2.05) is 0 Å². The summed E-state index contributed by atoms with van der Waals surface area (Å²) < 4.78 is 33.0. The second-order valence-electron chi connectivity index (χ2n) is 7.19. The predicted molar refractivity (Wildman–Crippen MR) is 85.1 cm³/mol. The lowest BCUT2D eigenvalue weighted by molar-refractivity contribution is 0.0635. The van der Waals surface area contributed by atoms with E-state index in [-0.39, 0.29) is 24.3 Å². The van der Waals surface area contributed by atoms with Crippen LogP contribution in [-0.4, -0.2) is 33.2 Å². The van der Waals surface area contributed by atoms with Crippen LogP contribution in [0.4, 0.5) is 19.3 Å². The van der Waals surface area contributed by atoms with Crippen molar-refractivity contribution in [1.29, 1.82) is 0 Å². The Bertz CT molecular complexity index is 561. The van der Waals surface area contributed by atoms with Crippen molar-refractivity contribution in [2.24, 2.45) is 5.92 Å². The van der Waals surface area contributed by atoms with Gasteiger partial charge in [-0.2, -0.15) is 5.10 Å². The minimum Gasteiger partial charge on any atom is -0.444 e. The maximum atomic E-state index is 13.2. The predicted octanol–water partition coefficient (Wildman–Crippen LogP) is 3.89. The Labute approximate surface area is 140 Å². The molecule has 0 spiro atoms. The Kier molecular flexibility index (Phi) is 5.79. The summed E-state index contributed by atoms with van der Waals surface area (Å²) in [5, 5.41) is 15.5. The zero-order chi connectivity index (χ0) is 17.9. The van der Waals surface area contributed by atoms with Crippen molar-refractivity contribution >= 4 is 11.8 Å². The minimum atomic E-state index is -2.79. The largest absolute Gasteiger partial charge is 0.444 e. The van der Waals surface area contributed by atoms with E-state index in [1.165, 1.54) is 10.9 Å². The van der Waals surface area contributed by atoms with Gasteiger partial charge < -0.3 is 9.84 Å². The normalized spacial score (nSPS) is 21.8. The Morgan fingerprint density at radius 2 is 2.04 bits per heavy atom. The molecule has 0 aliphatic heterocycles. The third kappa shape index (κ3) is 4.90. The number of nitrogens with one attached hydrogen (secondary N) is 1. The van der Waals surface area contributed by atoms with E-state index in [0.29, 0.717) is 0 Å². The Morgan fingerprint density at radius 3 is 2.54 bits per heavy atom. The highest BCUT2D eigenvalue weighted by Crippen LogP contribution is 2.34. The van der Waals surface area contributed by atoms with Gasteiger partial charge in [0.05, 0.1) is 11.7 Å². The van der Waals surface area contributed by atoms with Gasteiger partial charge in [0.15, 0.2) is 5.69 Å². The number of carbonyl (C=O) groups excluding carboxylic acids is 1. The van der Waals surface area contributed by atoms with Crippen LogP contribution < -0.4 is 5.32 Å². The van der Waals surface area contributed by atoms with E-state index < -0.39 is 23.8 Å². The second kappa shape index (κ2) is 7.46. The number of rotatable bonds is 4. The fourth-order valence-electron chi connectivity index (χ4n) is 2.86. The summed E-state index contributed by atoms with van der Waals surface area (Å²) in [5.41, 5.74) is -1.19. The molecule has 2 N–H and O–H groups in total. The monoisotopic (exact) mass is 345 g/mol. The van der Waals surface area contributed by atoms with Gasteiger partial charge in [0.2, 0.25) is 0 Å². The van der Waals surface area contributed by atoms with E-state index in [4.69, 9.17) is 4.74 Å². The average molecular weight is 345 g/mol. The summed E-state index contributed by atoms with van der Waals surface area (Å²) in [6.45, 7) is 5.25. The summed E-state index contributed by atoms with van der Waals surface area (Å²) in [5.74, 6) is 0.269. The molecule has 0 bridgehead atoms. The number of amides is 1. The van der Waals surface area contributed by atoms with E-state index >= 15 is 0 Å². The third-order valence-electron chi connectivity index (χ3n) is 4.05. The van der Waals surface area contributed by atoms with Crippen molar-refractivity contribution in [3.05, 3.63) is 11.9 Å². The number of hydrogen-bond donors (Lipinski definition) is 2. The highest BCUT2D eigenvalue weighted by Gasteiger charge is 2.27. The zero-order valence-corrected chi connectivity index (χ0v) is 14.3. The first-order valence-corrected chi connectivity index (χ1v) is 8.17. The molecule has 1 saturated carbocycles. The lowest BCUT2D eigenvalue weighted by atomic mass is 9.87. The number of nitrogens with zero attached hydrogens (tertiary/aromatic N) is 2. The standard InChI is InChI=1S/C16H25F2N3O3/c1-16(2,3)24-15(23)19-12-8-21(20-13(12)14(17)18)11-6-4-10(9-22)5-7-11/h8,10-11,14,22H,4-7,9H2,1-3H3,(H,19,23)/t10-,11-. The molecule has 1 aromatic rings. The molecule has 0 unspecified atom stereocenters. The van der Waals surface area contributed by atoms with E-state index in [1.54, 1.807) is 20.8 Å². The van der Waals surface area contributed by atoms with Crippen molar-refractivity contribution in [1.82, 2.24) is 9.78 Å². The molecule has 1 aliphatic rings. The van der Waals surface area contributed by atoms with Gasteiger partial charge in [0.1, 0.15) is 5.60 Å². The van der Waals surface area contributed by atoms with Crippen molar-refractivity contribution in [3.63, 3.8) is 0 Å². The van der Waals surface area contributed by atoms with E-state index in [2.05, 4.69) is 10.4 Å². The molecule has 1 amide bonds. The number of aliphatic hydroxyl groups excluding tert-OH is 1. The van der Waals surface area contributed by atoms with Crippen LogP contribution in [0.15, 0.2) is 6.20 Å². The third-order valence-corrected chi connectivity index (χ3v) is 4.05. The lowest BCUT2D eigenvalue weighted by Crippen LogP contribution is -2.27. The van der Waals surface area contributed by atoms with Crippen LogP contribution in [0.1, 0.15) is 64.6 Å². The van der Waals surface area contributed by atoms with Crippen LogP contribution in [-0.2, 0) is 4.74 Å². The molecule has 1 fully saturated rings. The summed E-state index contributed by atoms with van der Waals surface area (Å²) in [6, 6.07) is -0.000475. The number of aromatic nitrogens is 2. The van der Waals surface area contributed by atoms with Gasteiger partial charge in [-0.25, -0.2) is 13.6 Å². The number of hydrogen-bond acceptors (Lipinski definition) is 4. The first-order valence-electron chi connectivity index (χ1n) is 8.17. The van der Waals surface area contributed by atoms with Crippen LogP contribution in [0, 0.1) is 5.92 Å². The second-order valence-corrected chi connectivity index (χ2v) is 7.19. The van der Waals surface area contributed by atoms with Gasteiger partial charge in [0.25, 0.3) is 6.43 Å². The molecule has 0 aromatic carbocycles. The van der Waals surface area contributed by atoms with Gasteiger partial charge in [-0.05, 0) is 52.4 Å². The molecule has 0 saturated heterocycles. The fraction of sp³-hybridized carbons (Fsp3) is 0.750. The molecule has 1 heterocycles. The molecular formula is C16H25F2N3O3. The summed E-state index contributed by atoms with van der Waals surface area (Å²) in [7, 11) is 0. The summed E-state index contributed by atoms with van der Waals surface area (Å²) in [4.78, 5) is 11.8. The Hall–Kier alpha value is -1.70. The number of carbonyl (C=O) groups is 1. The first kappa shape index (κ1) is 18.6. The van der Waals surface area contributed by atoms with Gasteiger partial charge in [-0.1, -0.05) is 0 Å². The van der Waals surface area contributed by atoms with Gasteiger partial charge >= 0.3 is 6.09 Å². The molecule has 8 heteroatoms. The Balaban J connectivity index is 2.11. The van der Waals surface area contributed by atoms with Crippen LogP contribution in [0.3, 0.4) is 0 Å². The highest BCUT2D eigenvalue weighted by atomic mass is 19.3. The number of ether oxygens (including phenoxy) is 1. The molecule has 1 aromatic heterocycles. The molecule has 24 heavy (non-hydrogen) atoms. The van der Waals surface area contributed by atoms with E-state index in [9.17, 15) is 18.7 Å². The maximum Gasteiger partial charge on any atom is 0.412 e. The number of halogens is 2. The molecule has 0 atom stereocenters. The van der Waals surface area contributed by atoms with Crippen LogP contribution >= 0.6 is 0 Å². The van der Waals surface area contributed by atoms with E-state index in [0.717, 1.165) is 25.7 Å². The number of alkyl halides is 2. The number of anilines is 1. The number of aliphatic hydroxyl groups is 1. The molecule has 1 aliphatic carbocycles. The molecular weight excluding hydrogens is 320 g/mol. The zero-order valence-electron chi connectivity index (χ0n) is 14.3. The fourth-order valence-corrected chi connectivity index (χ4v) is 2.86. The highest BCUT2D eigenvalue weighted by molar-refractivity contribution is 5.85.